The minimum absolute atomic E-state index is 0.00482. The van der Waals surface area contributed by atoms with Gasteiger partial charge in [0.15, 0.2) is 0 Å². The molecule has 0 radical (unpaired) electrons. The molecule has 19 aromatic rings. The van der Waals surface area contributed by atoms with Crippen molar-refractivity contribution >= 4 is 144 Å². The van der Waals surface area contributed by atoms with Gasteiger partial charge in [0.05, 0.1) is 99.7 Å². The molecule has 0 aliphatic carbocycles. The number of hydrogen-bond acceptors (Lipinski definition) is 4. The molecular weight excluding hydrogens is 1320 g/mol. The zero-order valence-electron chi connectivity index (χ0n) is 79.7. The van der Waals surface area contributed by atoms with Gasteiger partial charge >= 0.3 is 0 Å². The average molecular weight is 1420 g/mol. The Hall–Kier alpha value is -13.9. The van der Waals surface area contributed by atoms with Crippen LogP contribution >= 0.6 is 0 Å². The number of nitriles is 2. The SMILES string of the molecule is [2H]c1c([2H])c([2H])c(-c2c([2H])c([2H])c([2H])c3c2c2c([2H])c([2H])c([2H])c([2H])c2n3-c2cc3c4c(c2)N(c2cc(-n5c6ccccc6c6ccccc65)ccc2C#N)c2cc(-n5c6c([2H])c([2H])c([2H])c([2H])c6c6c([2H])c([2H])c([2H])c([2H])c65)ccc2B4c2ccc(-c4cc(C(C)(C)C)cc(C(C)(C)C)c4)cc2N3c2ccc(C#N)c(-n3c4ccccc4c4ccccc43)c2)c([2H])c1[2H]. The molecule has 21 rings (SSSR count). The van der Waals surface area contributed by atoms with E-state index in [1.165, 1.54) is 9.13 Å². The van der Waals surface area contributed by atoms with Crippen LogP contribution in [-0.2, 0) is 10.8 Å². The van der Waals surface area contributed by atoms with Crippen LogP contribution in [0.2, 0.25) is 0 Å². The van der Waals surface area contributed by atoms with Gasteiger partial charge in [0.2, 0.25) is 0 Å². The van der Waals surface area contributed by atoms with E-state index in [9.17, 15) is 31.1 Å². The molecule has 2 aliphatic rings. The van der Waals surface area contributed by atoms with Crippen LogP contribution in [0.5, 0.6) is 0 Å². The lowest BCUT2D eigenvalue weighted by molar-refractivity contribution is 0.569. The van der Waals surface area contributed by atoms with Gasteiger partial charge < -0.3 is 28.1 Å². The van der Waals surface area contributed by atoms with Crippen LogP contribution in [0.4, 0.5) is 34.1 Å². The lowest BCUT2D eigenvalue weighted by Crippen LogP contribution is -2.61. The van der Waals surface area contributed by atoms with E-state index in [2.05, 4.69) is 104 Å². The largest absolute Gasteiger partial charge is 0.311 e. The Kier molecular flexibility index (Phi) is 10.1. The molecule has 0 saturated carbocycles. The van der Waals surface area contributed by atoms with Crippen molar-refractivity contribution in [1.29, 1.82) is 10.5 Å². The molecule has 2 aliphatic heterocycles. The normalized spacial score (nSPS) is 15.4. The van der Waals surface area contributed by atoms with E-state index in [1.807, 2.05) is 132 Å². The molecule has 6 heterocycles. The highest BCUT2D eigenvalue weighted by Crippen LogP contribution is 2.51. The Morgan fingerprint density at radius 3 is 1.31 bits per heavy atom. The number of rotatable bonds is 8. The third kappa shape index (κ3) is 9.56. The van der Waals surface area contributed by atoms with Crippen molar-refractivity contribution in [3.8, 4) is 57.1 Å². The Labute approximate surface area is 660 Å². The number of para-hydroxylation sites is 7. The number of hydrogen-bond donors (Lipinski definition) is 0. The molecule has 8 nitrogen and oxygen atoms in total. The third-order valence-electron chi connectivity index (χ3n) is 21.9. The van der Waals surface area contributed by atoms with Crippen molar-refractivity contribution < 1.29 is 27.4 Å². The summed E-state index contributed by atoms with van der Waals surface area (Å²) in [6.45, 7) is 12.0. The van der Waals surface area contributed by atoms with Gasteiger partial charge in [-0.15, -0.1) is 0 Å². The predicted octanol–water partition coefficient (Wildman–Crippen LogP) is 23.8. The maximum atomic E-state index is 12.2. The first-order valence-electron chi connectivity index (χ1n) is 46.0. The standard InChI is InChI=1S/C100H71BN8/c1-99(2,3)67-51-66(52-68(54-67)100(4,5)6)63-45-49-81-93(53-63)106(70-47-44-64(60-102)91(56-70)108-87-39-21-14-31-78(87)79-32-15-22-40-88(79)108)95-58-72(107-89-41-23-16-33-80(89)97-73(34-24-42-90(97)107)62-25-8-7-9-26-62)59-96-98(95)101(81)82-50-48-71(105-85-37-19-12-29-76(85)77-30-13-20-38-86(77)105)57-94(82)109(96)92-55-69(46-43-65(92)61-103)104-83-35-17-10-27-74(83)75-28-11-18-36-84(75)104/h7-59H,1-6H3/i7D,8D,9D,12D,13D,16D,19D,20D,23D,24D,25D,26D,29D,30D,33D,34D,37D,38D,41D,42D. The summed E-state index contributed by atoms with van der Waals surface area (Å²) in [5.41, 5.74) is 9.29. The molecule has 15 aromatic carbocycles. The van der Waals surface area contributed by atoms with Crippen molar-refractivity contribution in [2.24, 2.45) is 0 Å². The molecular formula is C100H71BN8. The van der Waals surface area contributed by atoms with Crippen molar-refractivity contribution in [2.45, 2.75) is 52.4 Å². The van der Waals surface area contributed by atoms with Gasteiger partial charge in [-0.25, -0.2) is 0 Å². The Morgan fingerprint density at radius 1 is 0.303 bits per heavy atom. The maximum Gasteiger partial charge on any atom is 0.252 e. The first kappa shape index (κ1) is 46.2. The van der Waals surface area contributed by atoms with Crippen LogP contribution in [0.3, 0.4) is 0 Å². The first-order chi connectivity index (χ1) is 61.6. The number of anilines is 6. The lowest BCUT2D eigenvalue weighted by Gasteiger charge is -2.45. The number of nitrogens with zero attached hydrogens (tertiary/aromatic N) is 8. The van der Waals surface area contributed by atoms with Gasteiger partial charge in [0.1, 0.15) is 12.1 Å². The molecule has 0 bridgehead atoms. The lowest BCUT2D eigenvalue weighted by atomic mass is 9.33. The average Bonchev–Trinajstić information content (AvgIpc) is 1.65. The van der Waals surface area contributed by atoms with Gasteiger partial charge in [-0.05, 0) is 176 Å². The fourth-order valence-electron chi connectivity index (χ4n) is 16.9. The number of fused-ring (bicyclic) bond motifs is 16. The summed E-state index contributed by atoms with van der Waals surface area (Å²) in [4.78, 5) is 3.92. The molecule has 0 fully saturated rings. The van der Waals surface area contributed by atoms with Gasteiger partial charge in [0, 0.05) is 82.9 Å². The van der Waals surface area contributed by atoms with Gasteiger partial charge in [-0.3, -0.25) is 0 Å². The van der Waals surface area contributed by atoms with Crippen molar-refractivity contribution in [1.82, 2.24) is 18.3 Å². The van der Waals surface area contributed by atoms with Gasteiger partial charge in [0.25, 0.3) is 6.71 Å². The van der Waals surface area contributed by atoms with E-state index in [4.69, 9.17) is 6.85 Å². The summed E-state index contributed by atoms with van der Waals surface area (Å²) in [6.07, 6.45) is 0. The highest BCUT2D eigenvalue weighted by Gasteiger charge is 2.45. The predicted molar refractivity (Wildman–Crippen MR) is 456 cm³/mol. The zero-order valence-corrected chi connectivity index (χ0v) is 59.7. The molecule has 0 N–H and O–H groups in total. The summed E-state index contributed by atoms with van der Waals surface area (Å²) in [5.74, 6) is 0. The second kappa shape index (κ2) is 23.8. The number of aromatic nitrogens is 4. The fourth-order valence-corrected chi connectivity index (χ4v) is 16.9. The van der Waals surface area contributed by atoms with Crippen molar-refractivity contribution in [3.05, 3.63) is 343 Å². The monoisotopic (exact) mass is 1410 g/mol. The molecule has 0 unspecified atom stereocenters. The van der Waals surface area contributed by atoms with Crippen molar-refractivity contribution in [2.75, 3.05) is 9.80 Å². The van der Waals surface area contributed by atoms with Crippen LogP contribution in [0.1, 0.15) is 91.2 Å². The Balaban J connectivity index is 0.988. The summed E-state index contributed by atoms with van der Waals surface area (Å²) >= 11 is 0. The summed E-state index contributed by atoms with van der Waals surface area (Å²) < 4.78 is 199. The minimum atomic E-state index is -0.965. The van der Waals surface area contributed by atoms with Crippen molar-refractivity contribution in [3.63, 3.8) is 0 Å². The topological polar surface area (TPSA) is 73.8 Å². The van der Waals surface area contributed by atoms with Crippen LogP contribution in [0.25, 0.3) is 132 Å². The van der Waals surface area contributed by atoms with E-state index in [0.29, 0.717) is 44.8 Å². The zero-order chi connectivity index (χ0) is 90.7. The summed E-state index contributed by atoms with van der Waals surface area (Å²) in [6, 6.07) is 55.2. The molecule has 0 amide bonds. The van der Waals surface area contributed by atoms with E-state index in [-0.39, 0.29) is 94.0 Å². The fraction of sp³-hybridized carbons (Fsp3) is 0.0800. The highest BCUT2D eigenvalue weighted by molar-refractivity contribution is 7.00. The molecule has 0 spiro atoms. The molecule has 109 heavy (non-hydrogen) atoms. The quantitative estimate of drug-likeness (QED) is 0.142. The second-order valence-electron chi connectivity index (χ2n) is 30.0. The van der Waals surface area contributed by atoms with E-state index < -0.39 is 139 Å². The van der Waals surface area contributed by atoms with Gasteiger partial charge in [-0.1, -0.05) is 247 Å². The molecule has 0 atom stereocenters. The van der Waals surface area contributed by atoms with Crippen LogP contribution in [0, 0.1) is 22.7 Å². The Bertz CT molecular complexity index is 8240. The molecule has 514 valence electrons. The smallest absolute Gasteiger partial charge is 0.252 e. The summed E-state index contributed by atoms with van der Waals surface area (Å²) in [7, 11) is 0. The van der Waals surface area contributed by atoms with Gasteiger partial charge in [-0.2, -0.15) is 10.5 Å². The van der Waals surface area contributed by atoms with E-state index in [1.54, 1.807) is 36.4 Å². The van der Waals surface area contributed by atoms with E-state index >= 15 is 0 Å². The molecule has 9 heteroatoms. The van der Waals surface area contributed by atoms with Crippen LogP contribution < -0.4 is 26.2 Å². The third-order valence-corrected chi connectivity index (χ3v) is 21.9. The minimum Gasteiger partial charge on any atom is -0.311 e. The molecule has 0 saturated heterocycles. The van der Waals surface area contributed by atoms with Crippen LogP contribution in [0.15, 0.2) is 321 Å². The van der Waals surface area contributed by atoms with E-state index in [0.717, 1.165) is 65.9 Å². The first-order valence-corrected chi connectivity index (χ1v) is 36.0. The maximum absolute atomic E-state index is 12.2. The van der Waals surface area contributed by atoms with Crippen LogP contribution in [-0.4, -0.2) is 25.0 Å². The summed E-state index contributed by atoms with van der Waals surface area (Å²) in [5, 5.41) is 26.5. The molecule has 4 aromatic heterocycles. The Morgan fingerprint density at radius 2 is 0.734 bits per heavy atom. The number of benzene rings is 15. The second-order valence-corrected chi connectivity index (χ2v) is 30.0. The highest BCUT2D eigenvalue weighted by atomic mass is 15.2.